The van der Waals surface area contributed by atoms with Gasteiger partial charge in [0.1, 0.15) is 11.3 Å². The Morgan fingerprint density at radius 1 is 1.00 bits per heavy atom. The normalized spacial score (nSPS) is 10.5. The maximum absolute atomic E-state index is 12.6. The van der Waals surface area contributed by atoms with Crippen LogP contribution in [-0.2, 0) is 9.47 Å². The first kappa shape index (κ1) is 20.2. The monoisotopic (exact) mass is 416 g/mol. The fraction of sp³-hybridized carbons (Fsp3) is 0.150. The van der Waals surface area contributed by atoms with Crippen LogP contribution in [0.15, 0.2) is 42.5 Å². The molecule has 0 unspecified atom stereocenters. The number of methoxy groups -OCH3 is 3. The lowest BCUT2D eigenvalue weighted by Crippen LogP contribution is -2.15. The van der Waals surface area contributed by atoms with E-state index < -0.39 is 11.9 Å². The molecule has 0 aliphatic carbocycles. The third-order valence-electron chi connectivity index (χ3n) is 4.21. The van der Waals surface area contributed by atoms with Gasteiger partial charge in [-0.05, 0) is 24.3 Å². The number of rotatable bonds is 5. The maximum Gasteiger partial charge on any atom is 0.357 e. The zero-order valence-corrected chi connectivity index (χ0v) is 16.6. The number of hydrogen-bond donors (Lipinski definition) is 1. The first-order chi connectivity index (χ1) is 13.9. The molecule has 0 radical (unpaired) electrons. The lowest BCUT2D eigenvalue weighted by Gasteiger charge is -2.09. The topological polar surface area (TPSA) is 99.9 Å². The van der Waals surface area contributed by atoms with Crippen LogP contribution in [0.1, 0.15) is 20.8 Å². The molecule has 0 aliphatic rings. The van der Waals surface area contributed by atoms with E-state index in [1.807, 2.05) is 0 Å². The van der Waals surface area contributed by atoms with Crippen LogP contribution in [0.5, 0.6) is 11.5 Å². The molecule has 0 amide bonds. The van der Waals surface area contributed by atoms with Gasteiger partial charge in [-0.3, -0.25) is 0 Å². The Labute approximate surface area is 171 Å². The summed E-state index contributed by atoms with van der Waals surface area (Å²) < 4.78 is 16.0. The molecular formula is C20H17ClN2O6. The Kier molecular flexibility index (Phi) is 5.74. The van der Waals surface area contributed by atoms with Gasteiger partial charge in [0.05, 0.1) is 32.0 Å². The number of benzene rings is 2. The number of aromatic hydroxyl groups is 1. The summed E-state index contributed by atoms with van der Waals surface area (Å²) in [4.78, 5) is 25.2. The van der Waals surface area contributed by atoms with Crippen molar-refractivity contribution < 1.29 is 28.9 Å². The minimum absolute atomic E-state index is 0.0454. The standard InChI is InChI=1S/C20H17ClN2O6/c1-27-13-10-9-12(15(21)18(13)24)16-14(19(25)28-2)17(20(26)29-3)23(22-16)11-7-5-4-6-8-11/h4-10,24H,1-3H3. The highest BCUT2D eigenvalue weighted by molar-refractivity contribution is 6.35. The van der Waals surface area contributed by atoms with Crippen molar-refractivity contribution in [3.05, 3.63) is 58.7 Å². The zero-order valence-electron chi connectivity index (χ0n) is 15.8. The van der Waals surface area contributed by atoms with Crippen molar-refractivity contribution in [2.45, 2.75) is 0 Å². The van der Waals surface area contributed by atoms with Gasteiger partial charge in [-0.2, -0.15) is 5.10 Å². The molecule has 1 heterocycles. The van der Waals surface area contributed by atoms with E-state index in [1.165, 1.54) is 38.1 Å². The molecule has 0 atom stereocenters. The minimum Gasteiger partial charge on any atom is -0.503 e. The number of halogens is 1. The Hall–Kier alpha value is -3.52. The van der Waals surface area contributed by atoms with Gasteiger partial charge < -0.3 is 19.3 Å². The van der Waals surface area contributed by atoms with Crippen molar-refractivity contribution in [1.29, 1.82) is 0 Å². The van der Waals surface area contributed by atoms with E-state index in [-0.39, 0.29) is 39.0 Å². The molecule has 1 aromatic heterocycles. The second-order valence-electron chi connectivity index (χ2n) is 5.78. The SMILES string of the molecule is COC(=O)c1c(-c2ccc(OC)c(O)c2Cl)nn(-c2ccccc2)c1C(=O)OC. The smallest absolute Gasteiger partial charge is 0.357 e. The highest BCUT2D eigenvalue weighted by atomic mass is 35.5. The molecule has 0 fully saturated rings. The Bertz CT molecular complexity index is 1080. The summed E-state index contributed by atoms with van der Waals surface area (Å²) in [5.74, 6) is -1.78. The number of nitrogens with zero attached hydrogens (tertiary/aromatic N) is 2. The first-order valence-electron chi connectivity index (χ1n) is 8.35. The second kappa shape index (κ2) is 8.24. The third-order valence-corrected chi connectivity index (χ3v) is 4.59. The van der Waals surface area contributed by atoms with Crippen LogP contribution in [0.4, 0.5) is 0 Å². The lowest BCUT2D eigenvalue weighted by molar-refractivity contribution is 0.0549. The molecule has 150 valence electrons. The fourth-order valence-electron chi connectivity index (χ4n) is 2.84. The summed E-state index contributed by atoms with van der Waals surface area (Å²) in [5.41, 5.74) is 0.494. The molecule has 0 saturated heterocycles. The van der Waals surface area contributed by atoms with E-state index in [9.17, 15) is 14.7 Å². The van der Waals surface area contributed by atoms with Gasteiger partial charge >= 0.3 is 11.9 Å². The van der Waals surface area contributed by atoms with Crippen molar-refractivity contribution in [3.8, 4) is 28.4 Å². The second-order valence-corrected chi connectivity index (χ2v) is 6.16. The Balaban J connectivity index is 2.39. The van der Waals surface area contributed by atoms with Crippen LogP contribution in [0.3, 0.4) is 0 Å². The van der Waals surface area contributed by atoms with Gasteiger partial charge in [0.25, 0.3) is 0 Å². The average Bonchev–Trinajstić information content (AvgIpc) is 3.15. The van der Waals surface area contributed by atoms with Gasteiger partial charge in [-0.25, -0.2) is 14.3 Å². The number of para-hydroxylation sites is 1. The number of phenolic OH excluding ortho intramolecular Hbond substituents is 1. The van der Waals surface area contributed by atoms with Crippen molar-refractivity contribution in [3.63, 3.8) is 0 Å². The lowest BCUT2D eigenvalue weighted by atomic mass is 10.0. The van der Waals surface area contributed by atoms with Crippen molar-refractivity contribution in [2.75, 3.05) is 21.3 Å². The first-order valence-corrected chi connectivity index (χ1v) is 8.73. The van der Waals surface area contributed by atoms with Crippen LogP contribution >= 0.6 is 11.6 Å². The van der Waals surface area contributed by atoms with E-state index in [2.05, 4.69) is 5.10 Å². The molecule has 1 N–H and O–H groups in total. The molecule has 0 aliphatic heterocycles. The number of carbonyl (C=O) groups excluding carboxylic acids is 2. The molecular weight excluding hydrogens is 400 g/mol. The number of ether oxygens (including phenoxy) is 3. The van der Waals surface area contributed by atoms with E-state index in [1.54, 1.807) is 30.3 Å². The van der Waals surface area contributed by atoms with E-state index in [0.717, 1.165) is 0 Å². The zero-order chi connectivity index (χ0) is 21.1. The van der Waals surface area contributed by atoms with Gasteiger partial charge in [0.15, 0.2) is 17.2 Å². The van der Waals surface area contributed by atoms with Gasteiger partial charge in [0, 0.05) is 5.56 Å². The van der Waals surface area contributed by atoms with Crippen LogP contribution in [0, 0.1) is 0 Å². The molecule has 0 spiro atoms. The molecule has 3 rings (SSSR count). The summed E-state index contributed by atoms with van der Waals surface area (Å²) in [6.07, 6.45) is 0. The fourth-order valence-corrected chi connectivity index (χ4v) is 3.08. The van der Waals surface area contributed by atoms with Crippen LogP contribution in [-0.4, -0.2) is 48.2 Å². The average molecular weight is 417 g/mol. The highest BCUT2D eigenvalue weighted by Crippen LogP contribution is 2.42. The van der Waals surface area contributed by atoms with E-state index >= 15 is 0 Å². The number of esters is 2. The van der Waals surface area contributed by atoms with Gasteiger partial charge in [0.2, 0.25) is 0 Å². The quantitative estimate of drug-likeness (QED) is 0.635. The summed E-state index contributed by atoms with van der Waals surface area (Å²) in [6.45, 7) is 0. The molecule has 0 saturated carbocycles. The summed E-state index contributed by atoms with van der Waals surface area (Å²) in [7, 11) is 3.75. The predicted octanol–water partition coefficient (Wildman–Crippen LogP) is 3.48. The van der Waals surface area contributed by atoms with Gasteiger partial charge in [-0.15, -0.1) is 0 Å². The van der Waals surface area contributed by atoms with Crippen LogP contribution in [0.2, 0.25) is 5.02 Å². The largest absolute Gasteiger partial charge is 0.503 e. The molecule has 8 nitrogen and oxygen atoms in total. The number of hydrogen-bond acceptors (Lipinski definition) is 7. The van der Waals surface area contributed by atoms with Crippen LogP contribution in [0.25, 0.3) is 16.9 Å². The van der Waals surface area contributed by atoms with Crippen LogP contribution < -0.4 is 4.74 Å². The highest BCUT2D eigenvalue weighted by Gasteiger charge is 2.32. The molecule has 29 heavy (non-hydrogen) atoms. The van der Waals surface area contributed by atoms with E-state index in [0.29, 0.717) is 5.69 Å². The Morgan fingerprint density at radius 3 is 2.24 bits per heavy atom. The van der Waals surface area contributed by atoms with Crippen molar-refractivity contribution in [1.82, 2.24) is 9.78 Å². The summed E-state index contributed by atoms with van der Waals surface area (Å²) in [5, 5.41) is 14.6. The number of aromatic nitrogens is 2. The van der Waals surface area contributed by atoms with Crippen molar-refractivity contribution >= 4 is 23.5 Å². The van der Waals surface area contributed by atoms with Gasteiger partial charge in [-0.1, -0.05) is 29.8 Å². The number of phenols is 1. The Morgan fingerprint density at radius 2 is 1.66 bits per heavy atom. The predicted molar refractivity (Wildman–Crippen MR) is 105 cm³/mol. The summed E-state index contributed by atoms with van der Waals surface area (Å²) >= 11 is 6.31. The molecule has 2 aromatic carbocycles. The molecule has 9 heteroatoms. The molecule has 0 bridgehead atoms. The minimum atomic E-state index is -0.811. The maximum atomic E-state index is 12.6. The van der Waals surface area contributed by atoms with Crippen molar-refractivity contribution in [2.24, 2.45) is 0 Å². The third kappa shape index (κ3) is 3.50. The molecule has 3 aromatic rings. The summed E-state index contributed by atoms with van der Waals surface area (Å²) in [6, 6.07) is 11.7. The van der Waals surface area contributed by atoms with E-state index in [4.69, 9.17) is 25.8 Å². The number of carbonyl (C=O) groups is 2.